The SMILES string of the molecule is CCCOc1ccc(C[C@H](N)CO)cc1. The van der Waals surface area contributed by atoms with Crippen LogP contribution in [0.1, 0.15) is 18.9 Å². The van der Waals surface area contributed by atoms with Crippen LogP contribution < -0.4 is 10.5 Å². The van der Waals surface area contributed by atoms with Gasteiger partial charge < -0.3 is 15.6 Å². The van der Waals surface area contributed by atoms with Gasteiger partial charge in [0.2, 0.25) is 0 Å². The van der Waals surface area contributed by atoms with Crippen molar-refractivity contribution in [3.8, 4) is 5.75 Å². The molecule has 0 heterocycles. The summed E-state index contributed by atoms with van der Waals surface area (Å²) in [7, 11) is 0. The Morgan fingerprint density at radius 1 is 1.33 bits per heavy atom. The van der Waals surface area contributed by atoms with Crippen molar-refractivity contribution >= 4 is 0 Å². The molecular weight excluding hydrogens is 190 g/mol. The fourth-order valence-corrected chi connectivity index (χ4v) is 1.31. The van der Waals surface area contributed by atoms with Crippen molar-refractivity contribution in [3.05, 3.63) is 29.8 Å². The van der Waals surface area contributed by atoms with Gasteiger partial charge in [0, 0.05) is 6.04 Å². The van der Waals surface area contributed by atoms with Crippen LogP contribution in [0, 0.1) is 0 Å². The predicted molar refractivity (Wildman–Crippen MR) is 61.0 cm³/mol. The first kappa shape index (κ1) is 12.0. The molecule has 0 aliphatic rings. The van der Waals surface area contributed by atoms with Crippen LogP contribution in [0.3, 0.4) is 0 Å². The smallest absolute Gasteiger partial charge is 0.119 e. The van der Waals surface area contributed by atoms with E-state index in [1.807, 2.05) is 24.3 Å². The van der Waals surface area contributed by atoms with Crippen molar-refractivity contribution < 1.29 is 9.84 Å². The fourth-order valence-electron chi connectivity index (χ4n) is 1.31. The molecule has 1 aromatic rings. The highest BCUT2D eigenvalue weighted by Gasteiger charge is 2.02. The minimum atomic E-state index is -0.174. The number of ether oxygens (including phenoxy) is 1. The Morgan fingerprint density at radius 3 is 2.53 bits per heavy atom. The third-order valence-corrected chi connectivity index (χ3v) is 2.13. The molecule has 15 heavy (non-hydrogen) atoms. The van der Waals surface area contributed by atoms with Crippen LogP contribution in [-0.4, -0.2) is 24.4 Å². The highest BCUT2D eigenvalue weighted by atomic mass is 16.5. The molecule has 0 amide bonds. The van der Waals surface area contributed by atoms with Gasteiger partial charge in [-0.3, -0.25) is 0 Å². The molecule has 0 unspecified atom stereocenters. The van der Waals surface area contributed by atoms with Crippen molar-refractivity contribution in [2.45, 2.75) is 25.8 Å². The van der Waals surface area contributed by atoms with Gasteiger partial charge in [-0.1, -0.05) is 19.1 Å². The van der Waals surface area contributed by atoms with Crippen molar-refractivity contribution in [3.63, 3.8) is 0 Å². The summed E-state index contributed by atoms with van der Waals surface area (Å²) in [5, 5.41) is 8.82. The molecule has 1 rings (SSSR count). The quantitative estimate of drug-likeness (QED) is 0.743. The molecule has 1 aromatic carbocycles. The van der Waals surface area contributed by atoms with E-state index in [9.17, 15) is 0 Å². The molecule has 3 N–H and O–H groups in total. The lowest BCUT2D eigenvalue weighted by atomic mass is 10.1. The zero-order valence-electron chi connectivity index (χ0n) is 9.15. The van der Waals surface area contributed by atoms with Crippen molar-refractivity contribution in [2.75, 3.05) is 13.2 Å². The Morgan fingerprint density at radius 2 is 2.00 bits per heavy atom. The average Bonchev–Trinajstić information content (AvgIpc) is 2.28. The summed E-state index contributed by atoms with van der Waals surface area (Å²) in [6, 6.07) is 7.68. The van der Waals surface area contributed by atoms with E-state index in [4.69, 9.17) is 15.6 Å². The number of rotatable bonds is 6. The number of hydrogen-bond acceptors (Lipinski definition) is 3. The lowest BCUT2D eigenvalue weighted by Crippen LogP contribution is -2.26. The van der Waals surface area contributed by atoms with E-state index in [0.29, 0.717) is 6.42 Å². The second-order valence-corrected chi connectivity index (χ2v) is 3.64. The highest BCUT2D eigenvalue weighted by Crippen LogP contribution is 2.13. The number of benzene rings is 1. The average molecular weight is 209 g/mol. The lowest BCUT2D eigenvalue weighted by molar-refractivity contribution is 0.265. The van der Waals surface area contributed by atoms with Crippen LogP contribution in [0.25, 0.3) is 0 Å². The normalized spacial score (nSPS) is 12.5. The zero-order chi connectivity index (χ0) is 11.1. The van der Waals surface area contributed by atoms with Crippen molar-refractivity contribution in [2.24, 2.45) is 5.73 Å². The molecule has 0 bridgehead atoms. The van der Waals surface area contributed by atoms with Gasteiger partial charge in [0.1, 0.15) is 5.75 Å². The number of aliphatic hydroxyl groups excluding tert-OH is 1. The summed E-state index contributed by atoms with van der Waals surface area (Å²) >= 11 is 0. The summed E-state index contributed by atoms with van der Waals surface area (Å²) in [6.07, 6.45) is 1.71. The summed E-state index contributed by atoms with van der Waals surface area (Å²) in [5.74, 6) is 0.887. The third kappa shape index (κ3) is 4.32. The van der Waals surface area contributed by atoms with E-state index in [0.717, 1.165) is 24.3 Å². The predicted octanol–water partition coefficient (Wildman–Crippen LogP) is 1.34. The summed E-state index contributed by atoms with van der Waals surface area (Å²) in [4.78, 5) is 0. The van der Waals surface area contributed by atoms with Gasteiger partial charge in [-0.15, -0.1) is 0 Å². The number of hydrogen-bond donors (Lipinski definition) is 2. The van der Waals surface area contributed by atoms with Crippen LogP contribution >= 0.6 is 0 Å². The largest absolute Gasteiger partial charge is 0.494 e. The molecule has 0 aliphatic carbocycles. The second kappa shape index (κ2) is 6.43. The molecule has 0 saturated carbocycles. The van der Waals surface area contributed by atoms with Gasteiger partial charge in [-0.2, -0.15) is 0 Å². The van der Waals surface area contributed by atoms with Gasteiger partial charge in [0.15, 0.2) is 0 Å². The van der Waals surface area contributed by atoms with Crippen molar-refractivity contribution in [1.82, 2.24) is 0 Å². The van der Waals surface area contributed by atoms with E-state index in [2.05, 4.69) is 6.92 Å². The number of nitrogens with two attached hydrogens (primary N) is 1. The van der Waals surface area contributed by atoms with Gasteiger partial charge in [-0.05, 0) is 30.5 Å². The Labute approximate surface area is 90.9 Å². The summed E-state index contributed by atoms with van der Waals surface area (Å²) in [6.45, 7) is 2.85. The molecule has 3 heteroatoms. The fraction of sp³-hybridized carbons (Fsp3) is 0.500. The van der Waals surface area contributed by atoms with E-state index < -0.39 is 0 Å². The van der Waals surface area contributed by atoms with Crippen molar-refractivity contribution in [1.29, 1.82) is 0 Å². The Balaban J connectivity index is 2.48. The highest BCUT2D eigenvalue weighted by molar-refractivity contribution is 5.27. The molecule has 0 saturated heterocycles. The topological polar surface area (TPSA) is 55.5 Å². The van der Waals surface area contributed by atoms with Crippen LogP contribution in [0.4, 0.5) is 0 Å². The van der Waals surface area contributed by atoms with E-state index >= 15 is 0 Å². The Kier molecular flexibility index (Phi) is 5.15. The summed E-state index contributed by atoms with van der Waals surface area (Å²) in [5.41, 5.74) is 6.77. The molecule has 1 atom stereocenters. The van der Waals surface area contributed by atoms with Gasteiger partial charge in [-0.25, -0.2) is 0 Å². The molecule has 0 aliphatic heterocycles. The van der Waals surface area contributed by atoms with Gasteiger partial charge in [0.25, 0.3) is 0 Å². The van der Waals surface area contributed by atoms with Gasteiger partial charge >= 0.3 is 0 Å². The van der Waals surface area contributed by atoms with E-state index in [1.165, 1.54) is 0 Å². The Bertz CT molecular complexity index is 271. The third-order valence-electron chi connectivity index (χ3n) is 2.13. The molecule has 3 nitrogen and oxygen atoms in total. The maximum absolute atomic E-state index is 8.82. The molecule has 84 valence electrons. The first-order chi connectivity index (χ1) is 7.26. The maximum atomic E-state index is 8.82. The standard InChI is InChI=1S/C12H19NO2/c1-2-7-15-12-5-3-10(4-6-12)8-11(13)9-14/h3-6,11,14H,2,7-9,13H2,1H3/t11-/m0/s1. The van der Waals surface area contributed by atoms with Crippen LogP contribution in [-0.2, 0) is 6.42 Å². The van der Waals surface area contributed by atoms with Crippen LogP contribution in [0.2, 0.25) is 0 Å². The number of aliphatic hydroxyl groups is 1. The minimum Gasteiger partial charge on any atom is -0.494 e. The monoisotopic (exact) mass is 209 g/mol. The molecule has 0 radical (unpaired) electrons. The van der Waals surface area contributed by atoms with Gasteiger partial charge in [0.05, 0.1) is 13.2 Å². The molecule has 0 spiro atoms. The first-order valence-electron chi connectivity index (χ1n) is 5.34. The maximum Gasteiger partial charge on any atom is 0.119 e. The minimum absolute atomic E-state index is 0.0219. The van der Waals surface area contributed by atoms with E-state index in [-0.39, 0.29) is 12.6 Å². The zero-order valence-corrected chi connectivity index (χ0v) is 9.15. The summed E-state index contributed by atoms with van der Waals surface area (Å²) < 4.78 is 5.46. The molecule has 0 aromatic heterocycles. The second-order valence-electron chi connectivity index (χ2n) is 3.64. The molecule has 0 fully saturated rings. The van der Waals surface area contributed by atoms with Crippen LogP contribution in [0.5, 0.6) is 5.75 Å². The first-order valence-corrected chi connectivity index (χ1v) is 5.34. The van der Waals surface area contributed by atoms with E-state index in [1.54, 1.807) is 0 Å². The molecular formula is C12H19NO2. The Hall–Kier alpha value is -1.06. The lowest BCUT2D eigenvalue weighted by Gasteiger charge is -2.09. The van der Waals surface area contributed by atoms with Crippen LogP contribution in [0.15, 0.2) is 24.3 Å².